The van der Waals surface area contributed by atoms with Crippen LogP contribution in [-0.2, 0) is 0 Å². The SMILES string of the molecule is CCCNc1ncnc(NCC(CCC)CCO)c1Br. The summed E-state index contributed by atoms with van der Waals surface area (Å²) in [6, 6.07) is 0. The highest BCUT2D eigenvalue weighted by molar-refractivity contribution is 9.10. The highest BCUT2D eigenvalue weighted by atomic mass is 79.9. The standard InChI is InChI=1S/C14H25BrN4O/c1-3-5-11(6-8-20)9-17-14-12(15)13(16-7-4-2)18-10-19-14/h10-11,20H,3-9H2,1-2H3,(H2,16,17,18,19). The van der Waals surface area contributed by atoms with Crippen LogP contribution in [0, 0.1) is 5.92 Å². The van der Waals surface area contributed by atoms with Gasteiger partial charge in [0.05, 0.1) is 0 Å². The van der Waals surface area contributed by atoms with Crippen LogP contribution in [0.2, 0.25) is 0 Å². The van der Waals surface area contributed by atoms with Gasteiger partial charge in [0.25, 0.3) is 0 Å². The number of nitrogens with zero attached hydrogens (tertiary/aromatic N) is 2. The summed E-state index contributed by atoms with van der Waals surface area (Å²) in [5.41, 5.74) is 0. The molecule has 0 aromatic carbocycles. The predicted molar refractivity (Wildman–Crippen MR) is 87.1 cm³/mol. The highest BCUT2D eigenvalue weighted by Crippen LogP contribution is 2.27. The third-order valence-electron chi connectivity index (χ3n) is 3.12. The van der Waals surface area contributed by atoms with Gasteiger partial charge in [-0.3, -0.25) is 0 Å². The zero-order chi connectivity index (χ0) is 14.8. The largest absolute Gasteiger partial charge is 0.396 e. The van der Waals surface area contributed by atoms with Crippen molar-refractivity contribution < 1.29 is 5.11 Å². The van der Waals surface area contributed by atoms with E-state index < -0.39 is 0 Å². The topological polar surface area (TPSA) is 70.1 Å². The number of halogens is 1. The number of hydrogen-bond donors (Lipinski definition) is 3. The van der Waals surface area contributed by atoms with E-state index in [4.69, 9.17) is 5.11 Å². The second-order valence-corrected chi connectivity index (χ2v) is 5.65. The van der Waals surface area contributed by atoms with Gasteiger partial charge < -0.3 is 15.7 Å². The number of hydrogen-bond acceptors (Lipinski definition) is 5. The second kappa shape index (κ2) is 9.94. The number of aromatic nitrogens is 2. The summed E-state index contributed by atoms with van der Waals surface area (Å²) < 4.78 is 0.868. The fourth-order valence-electron chi connectivity index (χ4n) is 2.04. The molecule has 1 atom stereocenters. The van der Waals surface area contributed by atoms with Crippen molar-refractivity contribution in [1.29, 1.82) is 0 Å². The molecule has 20 heavy (non-hydrogen) atoms. The first-order chi connectivity index (χ1) is 9.72. The van der Waals surface area contributed by atoms with E-state index in [0.29, 0.717) is 5.92 Å². The van der Waals surface area contributed by atoms with Crippen molar-refractivity contribution in [3.05, 3.63) is 10.8 Å². The average Bonchev–Trinajstić information content (AvgIpc) is 2.45. The van der Waals surface area contributed by atoms with Gasteiger partial charge in [-0.1, -0.05) is 20.3 Å². The van der Waals surface area contributed by atoms with E-state index in [2.05, 4.69) is 50.4 Å². The molecule has 1 unspecified atom stereocenters. The lowest BCUT2D eigenvalue weighted by Crippen LogP contribution is -2.17. The Morgan fingerprint density at radius 1 is 1.15 bits per heavy atom. The Bertz CT molecular complexity index is 383. The lowest BCUT2D eigenvalue weighted by Gasteiger charge is -2.17. The van der Waals surface area contributed by atoms with Crippen LogP contribution in [0.5, 0.6) is 0 Å². The van der Waals surface area contributed by atoms with E-state index in [1.807, 2.05) is 0 Å². The average molecular weight is 345 g/mol. The van der Waals surface area contributed by atoms with Gasteiger partial charge in [-0.15, -0.1) is 0 Å². The summed E-state index contributed by atoms with van der Waals surface area (Å²) in [6.07, 6.45) is 5.67. The van der Waals surface area contributed by atoms with E-state index in [1.165, 1.54) is 0 Å². The number of aliphatic hydroxyl groups is 1. The van der Waals surface area contributed by atoms with E-state index in [0.717, 1.165) is 54.9 Å². The van der Waals surface area contributed by atoms with Crippen LogP contribution in [-0.4, -0.2) is 34.8 Å². The first-order valence-corrected chi connectivity index (χ1v) is 8.11. The molecule has 0 aliphatic heterocycles. The summed E-state index contributed by atoms with van der Waals surface area (Å²) in [7, 11) is 0. The molecule has 0 bridgehead atoms. The van der Waals surface area contributed by atoms with Crippen LogP contribution < -0.4 is 10.6 Å². The van der Waals surface area contributed by atoms with Gasteiger partial charge in [0.2, 0.25) is 0 Å². The molecular formula is C14H25BrN4O. The maximum Gasteiger partial charge on any atom is 0.145 e. The first kappa shape index (κ1) is 17.2. The van der Waals surface area contributed by atoms with Crippen LogP contribution in [0.25, 0.3) is 0 Å². The lowest BCUT2D eigenvalue weighted by molar-refractivity contribution is 0.255. The summed E-state index contributed by atoms with van der Waals surface area (Å²) in [4.78, 5) is 8.49. The van der Waals surface area contributed by atoms with Gasteiger partial charge in [0.15, 0.2) is 0 Å². The van der Waals surface area contributed by atoms with Gasteiger partial charge in [-0.25, -0.2) is 9.97 Å². The minimum absolute atomic E-state index is 0.237. The third-order valence-corrected chi connectivity index (χ3v) is 3.88. The molecule has 0 amide bonds. The van der Waals surface area contributed by atoms with Gasteiger partial charge in [0, 0.05) is 19.7 Å². The van der Waals surface area contributed by atoms with E-state index in [-0.39, 0.29) is 6.61 Å². The summed E-state index contributed by atoms with van der Waals surface area (Å²) >= 11 is 3.54. The first-order valence-electron chi connectivity index (χ1n) is 7.31. The molecule has 0 fully saturated rings. The molecule has 6 heteroatoms. The van der Waals surface area contributed by atoms with E-state index >= 15 is 0 Å². The van der Waals surface area contributed by atoms with Crippen molar-refractivity contribution in [3.63, 3.8) is 0 Å². The van der Waals surface area contributed by atoms with Crippen LogP contribution in [0.15, 0.2) is 10.8 Å². The molecule has 3 N–H and O–H groups in total. The fourth-order valence-corrected chi connectivity index (χ4v) is 2.53. The summed E-state index contributed by atoms with van der Waals surface area (Å²) in [5.74, 6) is 2.09. The molecule has 0 aliphatic rings. The Hall–Kier alpha value is -0.880. The summed E-state index contributed by atoms with van der Waals surface area (Å²) in [6.45, 7) is 6.22. The Morgan fingerprint density at radius 3 is 2.45 bits per heavy atom. The van der Waals surface area contributed by atoms with Crippen LogP contribution >= 0.6 is 15.9 Å². The zero-order valence-electron chi connectivity index (χ0n) is 12.3. The minimum atomic E-state index is 0.237. The van der Waals surface area contributed by atoms with E-state index in [1.54, 1.807) is 6.33 Å². The Balaban J connectivity index is 2.62. The number of rotatable bonds is 10. The predicted octanol–water partition coefficient (Wildman–Crippen LogP) is 3.27. The third kappa shape index (κ3) is 5.63. The number of anilines is 2. The minimum Gasteiger partial charge on any atom is -0.396 e. The molecule has 5 nitrogen and oxygen atoms in total. The molecule has 1 aromatic heterocycles. The molecule has 0 saturated carbocycles. The van der Waals surface area contributed by atoms with Gasteiger partial charge in [0.1, 0.15) is 22.4 Å². The molecule has 0 saturated heterocycles. The Morgan fingerprint density at radius 2 is 1.85 bits per heavy atom. The number of nitrogens with one attached hydrogen (secondary N) is 2. The Kier molecular flexibility index (Phi) is 8.53. The van der Waals surface area contributed by atoms with E-state index in [9.17, 15) is 0 Å². The monoisotopic (exact) mass is 344 g/mol. The van der Waals surface area contributed by atoms with Crippen molar-refractivity contribution in [3.8, 4) is 0 Å². The van der Waals surface area contributed by atoms with Crippen molar-refractivity contribution in [2.24, 2.45) is 5.92 Å². The lowest BCUT2D eigenvalue weighted by atomic mass is 10.0. The van der Waals surface area contributed by atoms with Crippen LogP contribution in [0.3, 0.4) is 0 Å². The highest BCUT2D eigenvalue weighted by Gasteiger charge is 2.11. The quantitative estimate of drug-likeness (QED) is 0.607. The number of aliphatic hydroxyl groups excluding tert-OH is 1. The van der Waals surface area contributed by atoms with Gasteiger partial charge >= 0.3 is 0 Å². The molecule has 0 radical (unpaired) electrons. The van der Waals surface area contributed by atoms with Crippen LogP contribution in [0.4, 0.5) is 11.6 Å². The smallest absolute Gasteiger partial charge is 0.145 e. The van der Waals surface area contributed by atoms with Crippen molar-refractivity contribution in [2.45, 2.75) is 39.5 Å². The maximum absolute atomic E-state index is 9.08. The molecule has 0 spiro atoms. The molecule has 114 valence electrons. The molecule has 0 aliphatic carbocycles. The van der Waals surface area contributed by atoms with Crippen molar-refractivity contribution in [1.82, 2.24) is 9.97 Å². The van der Waals surface area contributed by atoms with Gasteiger partial charge in [-0.2, -0.15) is 0 Å². The zero-order valence-corrected chi connectivity index (χ0v) is 13.9. The van der Waals surface area contributed by atoms with Crippen molar-refractivity contribution in [2.75, 3.05) is 30.3 Å². The summed E-state index contributed by atoms with van der Waals surface area (Å²) in [5, 5.41) is 15.7. The second-order valence-electron chi connectivity index (χ2n) is 4.86. The van der Waals surface area contributed by atoms with Crippen molar-refractivity contribution >= 4 is 27.6 Å². The molecule has 1 aromatic rings. The normalized spacial score (nSPS) is 12.2. The molecule has 1 heterocycles. The van der Waals surface area contributed by atoms with Crippen LogP contribution in [0.1, 0.15) is 39.5 Å². The molecular weight excluding hydrogens is 320 g/mol. The van der Waals surface area contributed by atoms with Gasteiger partial charge in [-0.05, 0) is 41.1 Å². The molecule has 1 rings (SSSR count). The Labute approximate surface area is 129 Å². The maximum atomic E-state index is 9.08. The fraction of sp³-hybridized carbons (Fsp3) is 0.714.